The molecule has 0 heterocycles. The molecule has 0 aromatic heterocycles. The highest BCUT2D eigenvalue weighted by atomic mass is 19.1. The topological polar surface area (TPSA) is 52.4 Å². The van der Waals surface area contributed by atoms with E-state index in [-0.39, 0.29) is 5.69 Å². The van der Waals surface area contributed by atoms with Crippen molar-refractivity contribution in [3.8, 4) is 5.75 Å². The second-order valence-corrected chi connectivity index (χ2v) is 3.30. The van der Waals surface area contributed by atoms with Crippen LogP contribution >= 0.6 is 0 Å². The number of ether oxygens (including phenoxy) is 1. The third kappa shape index (κ3) is 2.92. The van der Waals surface area contributed by atoms with Crippen molar-refractivity contribution in [2.75, 3.05) is 13.3 Å². The number of nitro groups is 1. The van der Waals surface area contributed by atoms with Gasteiger partial charge in [-0.25, -0.2) is 0 Å². The second kappa shape index (κ2) is 5.44. The number of halogens is 1. The van der Waals surface area contributed by atoms with Gasteiger partial charge in [0.15, 0.2) is 0 Å². The Bertz CT molecular complexity index is 381. The van der Waals surface area contributed by atoms with Crippen molar-refractivity contribution >= 4 is 5.69 Å². The molecule has 16 heavy (non-hydrogen) atoms. The summed E-state index contributed by atoms with van der Waals surface area (Å²) in [6.07, 6.45) is 0. The van der Waals surface area contributed by atoms with Crippen molar-refractivity contribution in [1.82, 2.24) is 0 Å². The van der Waals surface area contributed by atoms with Gasteiger partial charge in [-0.05, 0) is 25.5 Å². The van der Waals surface area contributed by atoms with Crippen LogP contribution in [-0.2, 0) is 0 Å². The van der Waals surface area contributed by atoms with E-state index in [1.807, 2.05) is 0 Å². The van der Waals surface area contributed by atoms with Crippen molar-refractivity contribution in [2.45, 2.75) is 12.8 Å². The van der Waals surface area contributed by atoms with Gasteiger partial charge in [-0.2, -0.15) is 0 Å². The molecule has 0 spiro atoms. The molecule has 0 aliphatic heterocycles. The summed E-state index contributed by atoms with van der Waals surface area (Å²) in [5.41, 5.74) is 0.364. The van der Waals surface area contributed by atoms with Gasteiger partial charge in [-0.1, -0.05) is 0 Å². The molecule has 1 atom stereocenters. The monoisotopic (exact) mass is 226 g/mol. The second-order valence-electron chi connectivity index (χ2n) is 3.30. The zero-order chi connectivity index (χ0) is 12.1. The van der Waals surface area contributed by atoms with Gasteiger partial charge in [0.2, 0.25) is 0 Å². The van der Waals surface area contributed by atoms with Crippen LogP contribution in [0.4, 0.5) is 10.1 Å². The van der Waals surface area contributed by atoms with Gasteiger partial charge in [-0.15, -0.1) is 0 Å². The SMILES string of the molecule is [CH2]C(CF)c1cc(OCC)cc([N+](=O)[O-])c1. The van der Waals surface area contributed by atoms with Crippen molar-refractivity contribution in [3.63, 3.8) is 0 Å². The third-order valence-electron chi connectivity index (χ3n) is 2.09. The maximum Gasteiger partial charge on any atom is 0.273 e. The lowest BCUT2D eigenvalue weighted by atomic mass is 10.0. The highest BCUT2D eigenvalue weighted by molar-refractivity contribution is 5.44. The van der Waals surface area contributed by atoms with E-state index in [4.69, 9.17) is 4.74 Å². The summed E-state index contributed by atoms with van der Waals surface area (Å²) in [6, 6.07) is 4.21. The van der Waals surface area contributed by atoms with Crippen molar-refractivity contribution in [2.24, 2.45) is 0 Å². The Morgan fingerprint density at radius 2 is 2.25 bits per heavy atom. The van der Waals surface area contributed by atoms with Crippen LogP contribution in [0.3, 0.4) is 0 Å². The van der Waals surface area contributed by atoms with Crippen LogP contribution in [0.2, 0.25) is 0 Å². The molecule has 5 heteroatoms. The summed E-state index contributed by atoms with van der Waals surface area (Å²) in [7, 11) is 0. The molecule has 87 valence electrons. The Kier molecular flexibility index (Phi) is 4.22. The molecular weight excluding hydrogens is 213 g/mol. The molecule has 0 saturated heterocycles. The molecule has 0 fully saturated rings. The maximum atomic E-state index is 12.4. The third-order valence-corrected chi connectivity index (χ3v) is 2.09. The predicted octanol–water partition coefficient (Wildman–Crippen LogP) is 2.88. The van der Waals surface area contributed by atoms with Crippen LogP contribution in [0.1, 0.15) is 18.4 Å². The van der Waals surface area contributed by atoms with E-state index in [1.165, 1.54) is 12.1 Å². The quantitative estimate of drug-likeness (QED) is 0.573. The zero-order valence-electron chi connectivity index (χ0n) is 8.98. The van der Waals surface area contributed by atoms with E-state index in [2.05, 4.69) is 6.92 Å². The maximum absolute atomic E-state index is 12.4. The molecule has 1 radical (unpaired) electrons. The molecule has 0 aliphatic rings. The Labute approximate surface area is 93.2 Å². The van der Waals surface area contributed by atoms with Crippen molar-refractivity contribution in [1.29, 1.82) is 0 Å². The van der Waals surface area contributed by atoms with Crippen LogP contribution in [-0.4, -0.2) is 18.2 Å². The van der Waals surface area contributed by atoms with E-state index in [0.717, 1.165) is 0 Å². The Hall–Kier alpha value is -1.65. The fourth-order valence-electron chi connectivity index (χ4n) is 1.29. The van der Waals surface area contributed by atoms with E-state index < -0.39 is 17.5 Å². The van der Waals surface area contributed by atoms with E-state index in [0.29, 0.717) is 17.9 Å². The molecule has 0 saturated carbocycles. The summed E-state index contributed by atoms with van der Waals surface area (Å²) < 4.78 is 17.6. The minimum atomic E-state index is -0.660. The van der Waals surface area contributed by atoms with Gasteiger partial charge in [0.1, 0.15) is 5.75 Å². The molecule has 1 unspecified atom stereocenters. The van der Waals surface area contributed by atoms with Gasteiger partial charge < -0.3 is 4.74 Å². The predicted molar refractivity (Wildman–Crippen MR) is 58.3 cm³/mol. The first-order chi connectivity index (χ1) is 7.58. The fourth-order valence-corrected chi connectivity index (χ4v) is 1.29. The number of benzene rings is 1. The molecule has 4 nitrogen and oxygen atoms in total. The molecule has 0 aliphatic carbocycles. The normalized spacial score (nSPS) is 12.2. The summed E-state index contributed by atoms with van der Waals surface area (Å²) in [6.45, 7) is 5.09. The van der Waals surface area contributed by atoms with Crippen LogP contribution in [0.5, 0.6) is 5.75 Å². The van der Waals surface area contributed by atoms with Crippen molar-refractivity contribution in [3.05, 3.63) is 40.8 Å². The lowest BCUT2D eigenvalue weighted by Gasteiger charge is -2.09. The van der Waals surface area contributed by atoms with E-state index >= 15 is 0 Å². The number of alkyl halides is 1. The first-order valence-electron chi connectivity index (χ1n) is 4.89. The van der Waals surface area contributed by atoms with Crippen LogP contribution in [0.15, 0.2) is 18.2 Å². The molecule has 1 rings (SSSR count). The number of hydrogen-bond acceptors (Lipinski definition) is 3. The molecule has 1 aromatic rings. The summed E-state index contributed by atoms with van der Waals surface area (Å²) >= 11 is 0. The molecule has 0 amide bonds. The molecular formula is C11H13FNO3. The van der Waals surface area contributed by atoms with Crippen molar-refractivity contribution < 1.29 is 14.1 Å². The smallest absolute Gasteiger partial charge is 0.273 e. The average molecular weight is 226 g/mol. The van der Waals surface area contributed by atoms with Gasteiger partial charge in [0, 0.05) is 12.0 Å². The lowest BCUT2D eigenvalue weighted by molar-refractivity contribution is -0.385. The average Bonchev–Trinajstić information content (AvgIpc) is 2.28. The minimum absolute atomic E-state index is 0.108. The summed E-state index contributed by atoms with van der Waals surface area (Å²) in [5, 5.41) is 10.7. The van der Waals surface area contributed by atoms with Crippen LogP contribution in [0.25, 0.3) is 0 Å². The standard InChI is InChI=1S/C11H13FNO3/c1-3-16-11-5-9(8(2)7-12)4-10(6-11)13(14)15/h4-6,8H,2-3,7H2,1H3. The van der Waals surface area contributed by atoms with Gasteiger partial charge in [0.25, 0.3) is 5.69 Å². The number of rotatable bonds is 5. The van der Waals surface area contributed by atoms with Crippen LogP contribution < -0.4 is 4.74 Å². The highest BCUT2D eigenvalue weighted by Gasteiger charge is 2.14. The molecule has 1 aromatic carbocycles. The first-order valence-corrected chi connectivity index (χ1v) is 4.89. The lowest BCUT2D eigenvalue weighted by Crippen LogP contribution is -2.00. The number of hydrogen-bond donors (Lipinski definition) is 0. The number of nitro benzene ring substituents is 1. The largest absolute Gasteiger partial charge is 0.494 e. The molecule has 0 bridgehead atoms. The van der Waals surface area contributed by atoms with Crippen LogP contribution in [0, 0.1) is 17.0 Å². The Morgan fingerprint density at radius 1 is 1.56 bits per heavy atom. The summed E-state index contributed by atoms with van der Waals surface area (Å²) in [4.78, 5) is 10.1. The number of non-ortho nitro benzene ring substituents is 1. The Morgan fingerprint density at radius 3 is 2.75 bits per heavy atom. The van der Waals surface area contributed by atoms with Gasteiger partial charge >= 0.3 is 0 Å². The minimum Gasteiger partial charge on any atom is -0.494 e. The zero-order valence-corrected chi connectivity index (χ0v) is 8.98. The number of nitrogens with zero attached hydrogens (tertiary/aromatic N) is 1. The Balaban J connectivity index is 3.13. The highest BCUT2D eigenvalue weighted by Crippen LogP contribution is 2.27. The van der Waals surface area contributed by atoms with Gasteiger partial charge in [-0.3, -0.25) is 14.5 Å². The first kappa shape index (κ1) is 12.4. The van der Waals surface area contributed by atoms with Gasteiger partial charge in [0.05, 0.1) is 24.3 Å². The molecule has 0 N–H and O–H groups in total. The summed E-state index contributed by atoms with van der Waals surface area (Å²) in [5.74, 6) is -0.243. The van der Waals surface area contributed by atoms with E-state index in [9.17, 15) is 14.5 Å². The fraction of sp³-hybridized carbons (Fsp3) is 0.364. The van der Waals surface area contributed by atoms with E-state index in [1.54, 1.807) is 13.0 Å².